The second-order valence-corrected chi connectivity index (χ2v) is 6.99. The number of furan rings is 1. The largest absolute Gasteiger partial charge is 0.461 e. The fourth-order valence-electron chi connectivity index (χ4n) is 4.41. The zero-order valence-corrected chi connectivity index (χ0v) is 13.2. The SMILES string of the molecule is c1ccc2c(-c3ccc(C45CCCN(CC4)C5)cn3)occ2c1. The molecule has 0 amide bonds. The van der Waals surface area contributed by atoms with Gasteiger partial charge in [-0.15, -0.1) is 0 Å². The molecule has 4 heterocycles. The molecule has 0 N–H and O–H groups in total. The maximum Gasteiger partial charge on any atom is 0.160 e. The molecule has 0 saturated carbocycles. The van der Waals surface area contributed by atoms with Crippen LogP contribution in [-0.4, -0.2) is 29.5 Å². The molecular formula is C20H20N2O. The average molecular weight is 304 g/mol. The summed E-state index contributed by atoms with van der Waals surface area (Å²) in [6.07, 6.45) is 7.78. The Kier molecular flexibility index (Phi) is 2.86. The number of hydrogen-bond donors (Lipinski definition) is 0. The number of pyridine rings is 1. The molecule has 2 fully saturated rings. The van der Waals surface area contributed by atoms with Crippen LogP contribution in [0.4, 0.5) is 0 Å². The van der Waals surface area contributed by atoms with Crippen molar-refractivity contribution in [1.29, 1.82) is 0 Å². The quantitative estimate of drug-likeness (QED) is 0.709. The van der Waals surface area contributed by atoms with Gasteiger partial charge in [0.25, 0.3) is 0 Å². The van der Waals surface area contributed by atoms with Gasteiger partial charge in [0.2, 0.25) is 0 Å². The van der Waals surface area contributed by atoms with Crippen LogP contribution in [0, 0.1) is 0 Å². The van der Waals surface area contributed by atoms with Crippen LogP contribution in [0.2, 0.25) is 0 Å². The third kappa shape index (κ3) is 2.03. The lowest BCUT2D eigenvalue weighted by Gasteiger charge is -2.34. The minimum atomic E-state index is 0.342. The molecule has 2 atom stereocenters. The molecule has 5 rings (SSSR count). The van der Waals surface area contributed by atoms with E-state index in [2.05, 4.69) is 35.4 Å². The van der Waals surface area contributed by atoms with Crippen LogP contribution < -0.4 is 0 Å². The van der Waals surface area contributed by atoms with E-state index in [1.807, 2.05) is 18.4 Å². The first-order valence-corrected chi connectivity index (χ1v) is 8.50. The Morgan fingerprint density at radius 3 is 2.91 bits per heavy atom. The second kappa shape index (κ2) is 4.93. The van der Waals surface area contributed by atoms with Crippen LogP contribution in [0.25, 0.3) is 22.2 Å². The van der Waals surface area contributed by atoms with Crippen LogP contribution in [0.3, 0.4) is 0 Å². The van der Waals surface area contributed by atoms with Crippen LogP contribution >= 0.6 is 0 Å². The van der Waals surface area contributed by atoms with E-state index in [0.717, 1.165) is 22.2 Å². The highest BCUT2D eigenvalue weighted by Crippen LogP contribution is 2.42. The molecule has 2 aromatic heterocycles. The molecule has 2 unspecified atom stereocenters. The highest BCUT2D eigenvalue weighted by molar-refractivity contribution is 5.93. The van der Waals surface area contributed by atoms with Crippen LogP contribution in [-0.2, 0) is 5.41 Å². The first-order chi connectivity index (χ1) is 11.3. The normalized spacial score (nSPS) is 26.7. The zero-order chi connectivity index (χ0) is 15.3. The Morgan fingerprint density at radius 2 is 2.00 bits per heavy atom. The van der Waals surface area contributed by atoms with E-state index in [1.54, 1.807) is 0 Å². The zero-order valence-electron chi connectivity index (χ0n) is 13.2. The minimum Gasteiger partial charge on any atom is -0.461 e. The number of hydrogen-bond acceptors (Lipinski definition) is 3. The molecule has 2 bridgehead atoms. The molecular weight excluding hydrogens is 284 g/mol. The molecule has 116 valence electrons. The molecule has 2 aliphatic heterocycles. The molecule has 2 saturated heterocycles. The maximum absolute atomic E-state index is 5.78. The Morgan fingerprint density at radius 1 is 1.04 bits per heavy atom. The van der Waals surface area contributed by atoms with Gasteiger partial charge in [-0.2, -0.15) is 0 Å². The molecule has 1 aromatic carbocycles. The first-order valence-electron chi connectivity index (χ1n) is 8.50. The Balaban J connectivity index is 1.52. The molecule has 0 radical (unpaired) electrons. The topological polar surface area (TPSA) is 29.3 Å². The Hall–Kier alpha value is -2.13. The third-order valence-corrected chi connectivity index (χ3v) is 5.68. The summed E-state index contributed by atoms with van der Waals surface area (Å²) in [6.45, 7) is 3.72. The van der Waals surface area contributed by atoms with Crippen molar-refractivity contribution in [3.63, 3.8) is 0 Å². The third-order valence-electron chi connectivity index (χ3n) is 5.68. The summed E-state index contributed by atoms with van der Waals surface area (Å²) in [5.41, 5.74) is 2.67. The van der Waals surface area contributed by atoms with Crippen molar-refractivity contribution in [3.05, 3.63) is 54.4 Å². The van der Waals surface area contributed by atoms with Crippen LogP contribution in [0.15, 0.2) is 53.3 Å². The number of rotatable bonds is 2. The van der Waals surface area contributed by atoms with E-state index < -0.39 is 0 Å². The van der Waals surface area contributed by atoms with Gasteiger partial charge >= 0.3 is 0 Å². The summed E-state index contributed by atoms with van der Waals surface area (Å²) in [6, 6.07) is 12.7. The van der Waals surface area contributed by atoms with Gasteiger partial charge in [-0.3, -0.25) is 4.98 Å². The first kappa shape index (κ1) is 13.3. The summed E-state index contributed by atoms with van der Waals surface area (Å²) >= 11 is 0. The molecule has 3 nitrogen and oxygen atoms in total. The molecule has 3 heteroatoms. The lowest BCUT2D eigenvalue weighted by atomic mass is 9.75. The van der Waals surface area contributed by atoms with Crippen molar-refractivity contribution in [1.82, 2.24) is 9.88 Å². The molecule has 2 aliphatic rings. The van der Waals surface area contributed by atoms with Gasteiger partial charge in [0.05, 0.1) is 6.26 Å². The molecule has 0 aliphatic carbocycles. The predicted octanol–water partition coefficient (Wildman–Crippen LogP) is 4.23. The summed E-state index contributed by atoms with van der Waals surface area (Å²) in [4.78, 5) is 7.34. The molecule has 0 spiro atoms. The fourth-order valence-corrected chi connectivity index (χ4v) is 4.41. The Labute approximate surface area is 135 Å². The minimum absolute atomic E-state index is 0.342. The highest BCUT2D eigenvalue weighted by Gasteiger charge is 2.42. The van der Waals surface area contributed by atoms with E-state index in [0.29, 0.717) is 5.41 Å². The monoisotopic (exact) mass is 304 g/mol. The highest BCUT2D eigenvalue weighted by atomic mass is 16.3. The van der Waals surface area contributed by atoms with E-state index >= 15 is 0 Å². The van der Waals surface area contributed by atoms with Gasteiger partial charge in [-0.1, -0.05) is 30.3 Å². The van der Waals surface area contributed by atoms with Gasteiger partial charge in [-0.05, 0) is 44.0 Å². The summed E-state index contributed by atoms with van der Waals surface area (Å²) in [5, 5.41) is 2.27. The average Bonchev–Trinajstić information content (AvgIpc) is 3.17. The van der Waals surface area contributed by atoms with Gasteiger partial charge in [0.15, 0.2) is 5.76 Å². The van der Waals surface area contributed by atoms with Crippen molar-refractivity contribution in [2.45, 2.75) is 24.7 Å². The number of fused-ring (bicyclic) bond motifs is 3. The lowest BCUT2D eigenvalue weighted by Crippen LogP contribution is -2.36. The van der Waals surface area contributed by atoms with Gasteiger partial charge in [0, 0.05) is 28.9 Å². The lowest BCUT2D eigenvalue weighted by molar-refractivity contribution is 0.243. The number of piperidine rings is 1. The van der Waals surface area contributed by atoms with Gasteiger partial charge in [0.1, 0.15) is 5.69 Å². The molecule has 23 heavy (non-hydrogen) atoms. The van der Waals surface area contributed by atoms with E-state index in [-0.39, 0.29) is 0 Å². The van der Waals surface area contributed by atoms with Gasteiger partial charge < -0.3 is 9.32 Å². The van der Waals surface area contributed by atoms with Crippen molar-refractivity contribution >= 4 is 10.8 Å². The van der Waals surface area contributed by atoms with E-state index in [9.17, 15) is 0 Å². The Bertz CT molecular complexity index is 847. The van der Waals surface area contributed by atoms with Crippen molar-refractivity contribution in [2.75, 3.05) is 19.6 Å². The second-order valence-electron chi connectivity index (χ2n) is 6.99. The number of benzene rings is 1. The fraction of sp³-hybridized carbons (Fsp3) is 0.350. The smallest absolute Gasteiger partial charge is 0.160 e. The van der Waals surface area contributed by atoms with Crippen molar-refractivity contribution in [3.8, 4) is 11.5 Å². The summed E-state index contributed by atoms with van der Waals surface area (Å²) in [5.74, 6) is 0.876. The van der Waals surface area contributed by atoms with E-state index in [4.69, 9.17) is 9.40 Å². The van der Waals surface area contributed by atoms with Gasteiger partial charge in [-0.25, -0.2) is 0 Å². The standard InChI is InChI=1S/C20H20N2O/c1-2-5-17-15(4-1)13-23-19(17)18-7-6-16(12-21-18)20-8-3-10-22(14-20)11-9-20/h1-2,4-7,12-13H,3,8-11,14H2. The van der Waals surface area contributed by atoms with Crippen molar-refractivity contribution < 1.29 is 4.42 Å². The molecule has 3 aromatic rings. The predicted molar refractivity (Wildman–Crippen MR) is 91.4 cm³/mol. The van der Waals surface area contributed by atoms with Crippen LogP contribution in [0.5, 0.6) is 0 Å². The van der Waals surface area contributed by atoms with Crippen LogP contribution in [0.1, 0.15) is 24.8 Å². The maximum atomic E-state index is 5.78. The summed E-state index contributed by atoms with van der Waals surface area (Å²) < 4.78 is 5.78. The number of nitrogens with zero attached hydrogens (tertiary/aromatic N) is 2. The van der Waals surface area contributed by atoms with Crippen molar-refractivity contribution in [2.24, 2.45) is 0 Å². The van der Waals surface area contributed by atoms with E-state index in [1.165, 1.54) is 44.5 Å². The number of aromatic nitrogens is 1. The summed E-state index contributed by atoms with van der Waals surface area (Å²) in [7, 11) is 0.